The van der Waals surface area contributed by atoms with Crippen molar-refractivity contribution in [2.45, 2.75) is 39.8 Å². The lowest BCUT2D eigenvalue weighted by Gasteiger charge is -2.41. The SMILES string of the molecule is CCc1nn(CC(=O)N2CCN(c3cccc(C)c3)[C@@H](C)C2)c(=O)c2cc3sccc3n12. The molecular weight excluding hydrogens is 422 g/mol. The zero-order chi connectivity index (χ0) is 22.4. The maximum atomic E-state index is 13.1. The number of thiophene rings is 1. The highest BCUT2D eigenvalue weighted by atomic mass is 32.1. The Morgan fingerprint density at radius 2 is 2.03 bits per heavy atom. The topological polar surface area (TPSA) is 62.9 Å². The molecule has 5 rings (SSSR count). The lowest BCUT2D eigenvalue weighted by Crippen LogP contribution is -2.54. The summed E-state index contributed by atoms with van der Waals surface area (Å²) in [5.74, 6) is 0.730. The first-order chi connectivity index (χ1) is 15.5. The van der Waals surface area contributed by atoms with Crippen molar-refractivity contribution < 1.29 is 4.79 Å². The van der Waals surface area contributed by atoms with Crippen molar-refractivity contribution in [3.05, 3.63) is 63.5 Å². The highest BCUT2D eigenvalue weighted by Gasteiger charge is 2.27. The number of piperazine rings is 1. The van der Waals surface area contributed by atoms with Gasteiger partial charge in [0.05, 0.1) is 10.2 Å². The van der Waals surface area contributed by atoms with Gasteiger partial charge < -0.3 is 9.80 Å². The average Bonchev–Trinajstić information content (AvgIpc) is 3.37. The number of hydrogen-bond donors (Lipinski definition) is 0. The number of fused-ring (bicyclic) bond motifs is 3. The predicted molar refractivity (Wildman–Crippen MR) is 129 cm³/mol. The summed E-state index contributed by atoms with van der Waals surface area (Å²) in [6.45, 7) is 8.25. The van der Waals surface area contributed by atoms with Gasteiger partial charge in [-0.1, -0.05) is 19.1 Å². The fraction of sp³-hybridized carbons (Fsp3) is 0.375. The third kappa shape index (κ3) is 3.48. The fourth-order valence-corrected chi connectivity index (χ4v) is 5.46. The zero-order valence-electron chi connectivity index (χ0n) is 18.6. The van der Waals surface area contributed by atoms with E-state index in [1.165, 1.54) is 15.9 Å². The van der Waals surface area contributed by atoms with Crippen LogP contribution in [0.25, 0.3) is 15.7 Å². The molecule has 0 unspecified atom stereocenters. The van der Waals surface area contributed by atoms with E-state index in [4.69, 9.17) is 0 Å². The Hall–Kier alpha value is -3.13. The molecule has 1 aliphatic rings. The van der Waals surface area contributed by atoms with Crippen molar-refractivity contribution in [1.82, 2.24) is 19.1 Å². The van der Waals surface area contributed by atoms with Crippen LogP contribution >= 0.6 is 11.3 Å². The van der Waals surface area contributed by atoms with E-state index in [0.29, 0.717) is 25.0 Å². The molecule has 1 atom stereocenters. The summed E-state index contributed by atoms with van der Waals surface area (Å²) in [6, 6.07) is 12.6. The molecule has 4 heterocycles. The molecule has 1 amide bonds. The quantitative estimate of drug-likeness (QED) is 0.480. The monoisotopic (exact) mass is 449 g/mol. The van der Waals surface area contributed by atoms with E-state index in [2.05, 4.69) is 48.1 Å². The smallest absolute Gasteiger partial charge is 0.291 e. The maximum absolute atomic E-state index is 13.1. The Bertz CT molecular complexity index is 1370. The number of hydrogen-bond acceptors (Lipinski definition) is 5. The normalized spacial score (nSPS) is 16.9. The Balaban J connectivity index is 1.37. The molecule has 32 heavy (non-hydrogen) atoms. The van der Waals surface area contributed by atoms with Gasteiger partial charge in [0.15, 0.2) is 0 Å². The van der Waals surface area contributed by atoms with Crippen molar-refractivity contribution >= 4 is 38.7 Å². The van der Waals surface area contributed by atoms with E-state index >= 15 is 0 Å². The van der Waals surface area contributed by atoms with Crippen LogP contribution < -0.4 is 10.5 Å². The van der Waals surface area contributed by atoms with Crippen LogP contribution in [-0.2, 0) is 17.8 Å². The molecule has 1 aliphatic heterocycles. The molecule has 0 aliphatic carbocycles. The van der Waals surface area contributed by atoms with Crippen LogP contribution in [0.1, 0.15) is 25.2 Å². The standard InChI is InChI=1S/C24H27N5O2S/c1-4-22-25-28(24(31)20-13-21-19(29(20)22)8-11-32-21)15-23(30)26-9-10-27(17(3)14-26)18-7-5-6-16(2)12-18/h5-8,11-13,17H,4,9-10,14-15H2,1-3H3/t17-/m0/s1. The van der Waals surface area contributed by atoms with Crippen LogP contribution in [0.5, 0.6) is 0 Å². The second kappa shape index (κ2) is 8.09. The summed E-state index contributed by atoms with van der Waals surface area (Å²) in [5, 5.41) is 6.58. The first-order valence-electron chi connectivity index (χ1n) is 11.1. The minimum atomic E-state index is -0.217. The molecule has 0 radical (unpaired) electrons. The van der Waals surface area contributed by atoms with Crippen LogP contribution in [0, 0.1) is 6.92 Å². The third-order valence-electron chi connectivity index (χ3n) is 6.29. The lowest BCUT2D eigenvalue weighted by atomic mass is 10.1. The van der Waals surface area contributed by atoms with Crippen molar-refractivity contribution in [3.8, 4) is 0 Å². The van der Waals surface area contributed by atoms with Gasteiger partial charge in [0.2, 0.25) is 5.91 Å². The van der Waals surface area contributed by atoms with E-state index in [1.54, 1.807) is 11.3 Å². The van der Waals surface area contributed by atoms with Crippen LogP contribution in [0.3, 0.4) is 0 Å². The highest BCUT2D eigenvalue weighted by Crippen LogP contribution is 2.25. The molecule has 1 fully saturated rings. The molecule has 0 N–H and O–H groups in total. The molecule has 0 bridgehead atoms. The number of aromatic nitrogens is 3. The summed E-state index contributed by atoms with van der Waals surface area (Å²) in [6.07, 6.45) is 0.677. The summed E-state index contributed by atoms with van der Waals surface area (Å²) in [5.41, 5.74) is 3.79. The number of amides is 1. The molecular formula is C24H27N5O2S. The number of anilines is 1. The van der Waals surface area contributed by atoms with Crippen LogP contribution in [0.4, 0.5) is 5.69 Å². The number of carbonyl (C=O) groups excluding carboxylic acids is 1. The highest BCUT2D eigenvalue weighted by molar-refractivity contribution is 7.17. The minimum absolute atomic E-state index is 0.0294. The Morgan fingerprint density at radius 3 is 2.78 bits per heavy atom. The van der Waals surface area contributed by atoms with Gasteiger partial charge in [0.1, 0.15) is 17.9 Å². The van der Waals surface area contributed by atoms with E-state index in [9.17, 15) is 9.59 Å². The molecule has 1 aromatic carbocycles. The summed E-state index contributed by atoms with van der Waals surface area (Å²) >= 11 is 1.61. The van der Waals surface area contributed by atoms with E-state index < -0.39 is 0 Å². The second-order valence-electron chi connectivity index (χ2n) is 8.49. The Labute approximate surface area is 190 Å². The zero-order valence-corrected chi connectivity index (χ0v) is 19.4. The number of carbonyl (C=O) groups is 1. The van der Waals surface area contributed by atoms with Gasteiger partial charge in [-0.25, -0.2) is 4.68 Å². The van der Waals surface area contributed by atoms with Gasteiger partial charge in [-0.2, -0.15) is 5.10 Å². The molecule has 166 valence electrons. The predicted octanol–water partition coefficient (Wildman–Crippen LogP) is 3.32. The third-order valence-corrected chi connectivity index (χ3v) is 7.14. The van der Waals surface area contributed by atoms with Gasteiger partial charge in [0, 0.05) is 37.8 Å². The number of benzene rings is 1. The van der Waals surface area contributed by atoms with Crippen LogP contribution in [0.2, 0.25) is 0 Å². The molecule has 0 saturated carbocycles. The van der Waals surface area contributed by atoms with Crippen LogP contribution in [-0.4, -0.2) is 50.7 Å². The van der Waals surface area contributed by atoms with Gasteiger partial charge >= 0.3 is 0 Å². The van der Waals surface area contributed by atoms with Crippen molar-refractivity contribution in [2.24, 2.45) is 0 Å². The molecule has 3 aromatic heterocycles. The lowest BCUT2D eigenvalue weighted by molar-refractivity contribution is -0.132. The Kier molecular flexibility index (Phi) is 5.25. The number of aryl methyl sites for hydroxylation is 2. The van der Waals surface area contributed by atoms with Gasteiger partial charge in [-0.3, -0.25) is 14.0 Å². The second-order valence-corrected chi connectivity index (χ2v) is 9.44. The van der Waals surface area contributed by atoms with E-state index in [-0.39, 0.29) is 24.1 Å². The number of nitrogens with zero attached hydrogens (tertiary/aromatic N) is 5. The number of rotatable bonds is 4. The molecule has 7 nitrogen and oxygen atoms in total. The van der Waals surface area contributed by atoms with Crippen molar-refractivity contribution in [1.29, 1.82) is 0 Å². The largest absolute Gasteiger partial charge is 0.365 e. The first-order valence-corrected chi connectivity index (χ1v) is 11.9. The molecule has 8 heteroatoms. The fourth-order valence-electron chi connectivity index (χ4n) is 4.66. The molecule has 4 aromatic rings. The minimum Gasteiger partial charge on any atom is -0.365 e. The van der Waals surface area contributed by atoms with Gasteiger partial charge in [0.25, 0.3) is 5.56 Å². The first kappa shape index (κ1) is 20.8. The molecule has 0 spiro atoms. The van der Waals surface area contributed by atoms with Gasteiger partial charge in [-0.15, -0.1) is 11.3 Å². The summed E-state index contributed by atoms with van der Waals surface area (Å²) in [4.78, 5) is 30.4. The van der Waals surface area contributed by atoms with E-state index in [1.807, 2.05) is 33.7 Å². The summed E-state index contributed by atoms with van der Waals surface area (Å²) in [7, 11) is 0. The summed E-state index contributed by atoms with van der Waals surface area (Å²) < 4.78 is 4.33. The van der Waals surface area contributed by atoms with Gasteiger partial charge in [-0.05, 0) is 49.1 Å². The van der Waals surface area contributed by atoms with Crippen LogP contribution in [0.15, 0.2) is 46.6 Å². The molecule has 1 saturated heterocycles. The van der Waals surface area contributed by atoms with Crippen molar-refractivity contribution in [2.75, 3.05) is 24.5 Å². The average molecular weight is 450 g/mol. The Morgan fingerprint density at radius 1 is 1.19 bits per heavy atom. The van der Waals surface area contributed by atoms with Crippen molar-refractivity contribution in [3.63, 3.8) is 0 Å². The van der Waals surface area contributed by atoms with E-state index in [0.717, 1.165) is 22.6 Å². The maximum Gasteiger partial charge on any atom is 0.291 e.